The van der Waals surface area contributed by atoms with E-state index in [1.165, 1.54) is 0 Å². The third kappa shape index (κ3) is 2.21. The maximum absolute atomic E-state index is 7.68. The molecular weight excluding hydrogens is 152 g/mol. The lowest BCUT2D eigenvalue weighted by Crippen LogP contribution is -2.47. The summed E-state index contributed by atoms with van der Waals surface area (Å²) in [5.74, 6) is 0.733. The van der Waals surface area contributed by atoms with Gasteiger partial charge in [-0.3, -0.25) is 5.41 Å². The van der Waals surface area contributed by atoms with Gasteiger partial charge in [0, 0.05) is 19.5 Å². The number of rotatable bonds is 1. The molecular formula is C9H18N2O. The number of ether oxygens (including phenoxy) is 1. The van der Waals surface area contributed by atoms with Crippen LogP contribution in [-0.4, -0.2) is 36.0 Å². The van der Waals surface area contributed by atoms with Gasteiger partial charge < -0.3 is 9.64 Å². The van der Waals surface area contributed by atoms with Gasteiger partial charge >= 0.3 is 0 Å². The second-order valence-electron chi connectivity index (χ2n) is 3.46. The van der Waals surface area contributed by atoms with E-state index in [0.717, 1.165) is 25.3 Å². The summed E-state index contributed by atoms with van der Waals surface area (Å²) in [4.78, 5) is 2.11. The normalized spacial score (nSPS) is 30.4. The molecule has 2 unspecified atom stereocenters. The third-order valence-corrected chi connectivity index (χ3v) is 2.14. The second-order valence-corrected chi connectivity index (χ2v) is 3.46. The molecule has 1 N–H and O–H groups in total. The van der Waals surface area contributed by atoms with Crippen LogP contribution in [0.2, 0.25) is 0 Å². The van der Waals surface area contributed by atoms with Crippen LogP contribution in [-0.2, 0) is 4.74 Å². The van der Waals surface area contributed by atoms with Crippen LogP contribution < -0.4 is 0 Å². The maximum Gasteiger partial charge on any atom is 0.0956 e. The SMILES string of the molecule is CCC(=N)N1CC(C)OC(C)C1. The molecule has 1 aliphatic heterocycles. The number of amidine groups is 1. The summed E-state index contributed by atoms with van der Waals surface area (Å²) >= 11 is 0. The van der Waals surface area contributed by atoms with E-state index in [2.05, 4.69) is 18.7 Å². The Bertz CT molecular complexity index is 160. The molecule has 0 aromatic heterocycles. The van der Waals surface area contributed by atoms with Gasteiger partial charge in [0.05, 0.1) is 18.0 Å². The van der Waals surface area contributed by atoms with Crippen LogP contribution in [0.15, 0.2) is 0 Å². The lowest BCUT2D eigenvalue weighted by molar-refractivity contribution is -0.0486. The molecule has 3 nitrogen and oxygen atoms in total. The van der Waals surface area contributed by atoms with Crippen molar-refractivity contribution in [2.75, 3.05) is 13.1 Å². The summed E-state index contributed by atoms with van der Waals surface area (Å²) in [6, 6.07) is 0. The summed E-state index contributed by atoms with van der Waals surface area (Å²) < 4.78 is 5.57. The van der Waals surface area contributed by atoms with Gasteiger partial charge in [-0.05, 0) is 13.8 Å². The average molecular weight is 170 g/mol. The van der Waals surface area contributed by atoms with Crippen LogP contribution in [0.1, 0.15) is 27.2 Å². The minimum atomic E-state index is 0.264. The molecule has 70 valence electrons. The van der Waals surface area contributed by atoms with Crippen LogP contribution in [0.4, 0.5) is 0 Å². The van der Waals surface area contributed by atoms with Crippen molar-refractivity contribution in [3.8, 4) is 0 Å². The Kier molecular flexibility index (Phi) is 3.09. The van der Waals surface area contributed by atoms with Gasteiger partial charge in [-0.25, -0.2) is 0 Å². The Morgan fingerprint density at radius 1 is 1.42 bits per heavy atom. The molecule has 3 heteroatoms. The van der Waals surface area contributed by atoms with E-state index in [1.807, 2.05) is 6.92 Å². The number of nitrogens with one attached hydrogen (secondary N) is 1. The van der Waals surface area contributed by atoms with Crippen LogP contribution in [0, 0.1) is 5.41 Å². The molecule has 1 fully saturated rings. The van der Waals surface area contributed by atoms with E-state index >= 15 is 0 Å². The topological polar surface area (TPSA) is 36.3 Å². The largest absolute Gasteiger partial charge is 0.372 e. The standard InChI is InChI=1S/C9H18N2O/c1-4-9(10)11-5-7(2)12-8(3)6-11/h7-8,10H,4-6H2,1-3H3. The first-order valence-electron chi connectivity index (χ1n) is 4.61. The first-order chi connectivity index (χ1) is 5.63. The Balaban J connectivity index is 2.49. The quantitative estimate of drug-likeness (QED) is 0.478. The molecule has 0 aromatic carbocycles. The summed E-state index contributed by atoms with van der Waals surface area (Å²) in [5, 5.41) is 7.68. The van der Waals surface area contributed by atoms with Gasteiger partial charge in [0.15, 0.2) is 0 Å². The summed E-state index contributed by atoms with van der Waals surface area (Å²) in [5.41, 5.74) is 0. The minimum absolute atomic E-state index is 0.264. The highest BCUT2D eigenvalue weighted by Gasteiger charge is 2.22. The molecule has 0 aromatic rings. The van der Waals surface area contributed by atoms with E-state index in [-0.39, 0.29) is 12.2 Å². The van der Waals surface area contributed by atoms with Crippen molar-refractivity contribution in [1.29, 1.82) is 5.41 Å². The first-order valence-corrected chi connectivity index (χ1v) is 4.61. The highest BCUT2D eigenvalue weighted by Crippen LogP contribution is 2.11. The molecule has 1 saturated heterocycles. The maximum atomic E-state index is 7.68. The van der Waals surface area contributed by atoms with Crippen molar-refractivity contribution in [2.45, 2.75) is 39.4 Å². The fourth-order valence-electron chi connectivity index (χ4n) is 1.62. The van der Waals surface area contributed by atoms with Gasteiger partial charge in [-0.2, -0.15) is 0 Å². The van der Waals surface area contributed by atoms with Gasteiger partial charge in [-0.15, -0.1) is 0 Å². The molecule has 1 rings (SSSR count). The van der Waals surface area contributed by atoms with Gasteiger partial charge in [0.2, 0.25) is 0 Å². The summed E-state index contributed by atoms with van der Waals surface area (Å²) in [6.07, 6.45) is 1.35. The predicted octanol–water partition coefficient (Wildman–Crippen LogP) is 1.48. The van der Waals surface area contributed by atoms with Crippen LogP contribution in [0.25, 0.3) is 0 Å². The van der Waals surface area contributed by atoms with Crippen molar-refractivity contribution in [3.63, 3.8) is 0 Å². The van der Waals surface area contributed by atoms with Crippen molar-refractivity contribution in [1.82, 2.24) is 4.90 Å². The fourth-order valence-corrected chi connectivity index (χ4v) is 1.62. The number of hydrogen-bond donors (Lipinski definition) is 1. The lowest BCUT2D eigenvalue weighted by atomic mass is 10.2. The number of nitrogens with zero attached hydrogens (tertiary/aromatic N) is 1. The molecule has 12 heavy (non-hydrogen) atoms. The number of morpholine rings is 1. The van der Waals surface area contributed by atoms with Gasteiger partial charge in [0.1, 0.15) is 0 Å². The predicted molar refractivity (Wildman–Crippen MR) is 49.6 cm³/mol. The third-order valence-electron chi connectivity index (χ3n) is 2.14. The monoisotopic (exact) mass is 170 g/mol. The molecule has 0 radical (unpaired) electrons. The smallest absolute Gasteiger partial charge is 0.0956 e. The van der Waals surface area contributed by atoms with E-state index in [9.17, 15) is 0 Å². The molecule has 0 spiro atoms. The molecule has 0 bridgehead atoms. The van der Waals surface area contributed by atoms with Crippen molar-refractivity contribution >= 4 is 5.84 Å². The van der Waals surface area contributed by atoms with Gasteiger partial charge in [-0.1, -0.05) is 6.92 Å². The van der Waals surface area contributed by atoms with E-state index < -0.39 is 0 Å². The first kappa shape index (κ1) is 9.52. The summed E-state index contributed by atoms with van der Waals surface area (Å²) in [6.45, 7) is 7.89. The highest BCUT2D eigenvalue weighted by atomic mass is 16.5. The van der Waals surface area contributed by atoms with E-state index in [4.69, 9.17) is 10.1 Å². The Hall–Kier alpha value is -0.570. The lowest BCUT2D eigenvalue weighted by Gasteiger charge is -2.36. The van der Waals surface area contributed by atoms with Crippen LogP contribution in [0.5, 0.6) is 0 Å². The van der Waals surface area contributed by atoms with E-state index in [1.54, 1.807) is 0 Å². The summed E-state index contributed by atoms with van der Waals surface area (Å²) in [7, 11) is 0. The highest BCUT2D eigenvalue weighted by molar-refractivity contribution is 5.78. The zero-order chi connectivity index (χ0) is 9.14. The Morgan fingerprint density at radius 3 is 2.33 bits per heavy atom. The zero-order valence-corrected chi connectivity index (χ0v) is 8.13. The molecule has 0 saturated carbocycles. The van der Waals surface area contributed by atoms with Crippen LogP contribution in [0.3, 0.4) is 0 Å². The molecule has 2 atom stereocenters. The Labute approximate surface area is 74.2 Å². The van der Waals surface area contributed by atoms with Crippen LogP contribution >= 0.6 is 0 Å². The number of hydrogen-bond acceptors (Lipinski definition) is 2. The average Bonchev–Trinajstić information content (AvgIpc) is 2.01. The Morgan fingerprint density at radius 2 is 1.92 bits per heavy atom. The molecule has 0 amide bonds. The second kappa shape index (κ2) is 3.90. The van der Waals surface area contributed by atoms with Gasteiger partial charge in [0.25, 0.3) is 0 Å². The van der Waals surface area contributed by atoms with E-state index in [0.29, 0.717) is 0 Å². The molecule has 1 aliphatic rings. The molecule has 1 heterocycles. The zero-order valence-electron chi connectivity index (χ0n) is 8.13. The fraction of sp³-hybridized carbons (Fsp3) is 0.889. The van der Waals surface area contributed by atoms with Crippen molar-refractivity contribution in [2.24, 2.45) is 0 Å². The van der Waals surface area contributed by atoms with Crippen molar-refractivity contribution < 1.29 is 4.74 Å². The van der Waals surface area contributed by atoms with Crippen molar-refractivity contribution in [3.05, 3.63) is 0 Å². The minimum Gasteiger partial charge on any atom is -0.372 e. The molecule has 0 aliphatic carbocycles.